The van der Waals surface area contributed by atoms with E-state index in [1.165, 1.54) is 19.2 Å². The van der Waals surface area contributed by atoms with Crippen molar-refractivity contribution in [3.05, 3.63) is 23.9 Å². The number of hydrogen-bond donors (Lipinski definition) is 1. The minimum absolute atomic E-state index is 0.206. The quantitative estimate of drug-likeness (QED) is 0.902. The fourth-order valence-corrected chi connectivity index (χ4v) is 1.29. The number of pyridine rings is 1. The Labute approximate surface area is 103 Å². The number of aromatic nitrogens is 1. The van der Waals surface area contributed by atoms with Gasteiger partial charge in [0.1, 0.15) is 0 Å². The number of nitrogens with zero attached hydrogens (tertiary/aromatic N) is 1. The van der Waals surface area contributed by atoms with Gasteiger partial charge in [-0.3, -0.25) is 0 Å². The fraction of sp³-hybridized carbons (Fsp3) is 0.455. The van der Waals surface area contributed by atoms with Crippen LogP contribution >= 0.6 is 0 Å². The Morgan fingerprint density at radius 2 is 2.11 bits per heavy atom. The first kappa shape index (κ1) is 14.1. The zero-order valence-electron chi connectivity index (χ0n) is 10.2. The number of hydrogen-bond acceptors (Lipinski definition) is 4. The molecule has 0 radical (unpaired) electrons. The number of nitrogens with one attached hydrogen (secondary N) is 1. The van der Waals surface area contributed by atoms with Crippen LogP contribution in [0.4, 0.5) is 13.6 Å². The zero-order chi connectivity index (χ0) is 13.8. The summed E-state index contributed by atoms with van der Waals surface area (Å²) in [5.74, 6) is -0.206. The third-order valence-electron chi connectivity index (χ3n) is 2.17. The summed E-state index contributed by atoms with van der Waals surface area (Å²) in [7, 11) is 1.23. The van der Waals surface area contributed by atoms with E-state index in [1.807, 2.05) is 0 Å². The van der Waals surface area contributed by atoms with Crippen molar-refractivity contribution in [1.29, 1.82) is 0 Å². The second kappa shape index (κ2) is 5.61. The molecule has 1 N–H and O–H groups in total. The summed E-state index contributed by atoms with van der Waals surface area (Å²) < 4.78 is 32.8. The molecule has 0 atom stereocenters. The molecular weight excluding hydrogens is 246 g/mol. The van der Waals surface area contributed by atoms with Crippen molar-refractivity contribution in [3.8, 4) is 5.88 Å². The topological polar surface area (TPSA) is 60.5 Å². The van der Waals surface area contributed by atoms with E-state index in [9.17, 15) is 13.6 Å². The van der Waals surface area contributed by atoms with E-state index >= 15 is 0 Å². The second-order valence-electron chi connectivity index (χ2n) is 3.98. The van der Waals surface area contributed by atoms with Crippen LogP contribution in [0, 0.1) is 0 Å². The van der Waals surface area contributed by atoms with E-state index in [-0.39, 0.29) is 5.88 Å². The Bertz CT molecular complexity index is 425. The van der Waals surface area contributed by atoms with Crippen molar-refractivity contribution in [2.24, 2.45) is 0 Å². The lowest BCUT2D eigenvalue weighted by Gasteiger charge is -2.25. The third-order valence-corrected chi connectivity index (χ3v) is 2.17. The van der Waals surface area contributed by atoms with Crippen molar-refractivity contribution in [3.63, 3.8) is 0 Å². The van der Waals surface area contributed by atoms with Crippen molar-refractivity contribution >= 4 is 6.09 Å². The Morgan fingerprint density at radius 3 is 2.67 bits per heavy atom. The van der Waals surface area contributed by atoms with Gasteiger partial charge in [0.05, 0.1) is 18.3 Å². The lowest BCUT2D eigenvalue weighted by molar-refractivity contribution is -0.0531. The highest BCUT2D eigenvalue weighted by atomic mass is 19.3. The largest absolute Gasteiger partial charge is 0.453 e. The number of ether oxygens (including phenoxy) is 2. The number of alkyl carbamates (subject to hydrolysis) is 1. The number of rotatable bonds is 4. The van der Waals surface area contributed by atoms with Crippen molar-refractivity contribution in [2.75, 3.05) is 7.11 Å². The summed E-state index contributed by atoms with van der Waals surface area (Å²) in [5.41, 5.74) is -0.486. The first-order valence-electron chi connectivity index (χ1n) is 5.13. The molecule has 0 bridgehead atoms. The smallest absolute Gasteiger partial charge is 0.407 e. The molecule has 0 saturated heterocycles. The molecule has 0 aliphatic heterocycles. The number of amides is 1. The predicted octanol–water partition coefficient (Wildman–Crippen LogP) is 2.27. The van der Waals surface area contributed by atoms with Gasteiger partial charge in [0, 0.05) is 6.07 Å². The lowest BCUT2D eigenvalue weighted by atomic mass is 10.0. The van der Waals surface area contributed by atoms with Crippen LogP contribution in [0.2, 0.25) is 0 Å². The number of alkyl halides is 2. The summed E-state index contributed by atoms with van der Waals surface area (Å²) in [4.78, 5) is 15.1. The highest BCUT2D eigenvalue weighted by Crippen LogP contribution is 2.21. The monoisotopic (exact) mass is 260 g/mol. The highest BCUT2D eigenvalue weighted by molar-refractivity contribution is 5.68. The standard InChI is InChI=1S/C11H14F2N2O3/c1-11(2,15-10(16)17-3)7-5-4-6-8(14-7)18-9(12)13/h4-6,9H,1-3H3,(H,15,16). The summed E-state index contributed by atoms with van der Waals surface area (Å²) in [6.45, 7) is 0.390. The first-order valence-corrected chi connectivity index (χ1v) is 5.13. The SMILES string of the molecule is COC(=O)NC(C)(C)c1cccc(OC(F)F)n1. The van der Waals surface area contributed by atoms with Gasteiger partial charge in [0.25, 0.3) is 0 Å². The first-order chi connectivity index (χ1) is 8.35. The molecule has 0 aromatic carbocycles. The molecule has 100 valence electrons. The van der Waals surface area contributed by atoms with Gasteiger partial charge in [-0.25, -0.2) is 9.78 Å². The average molecular weight is 260 g/mol. The van der Waals surface area contributed by atoms with Crippen LogP contribution in [0.3, 0.4) is 0 Å². The van der Waals surface area contributed by atoms with Crippen LogP contribution in [0.5, 0.6) is 5.88 Å². The molecular formula is C11H14F2N2O3. The summed E-state index contributed by atoms with van der Waals surface area (Å²) in [5, 5.41) is 2.54. The highest BCUT2D eigenvalue weighted by Gasteiger charge is 2.25. The second-order valence-corrected chi connectivity index (χ2v) is 3.98. The summed E-state index contributed by atoms with van der Waals surface area (Å²) >= 11 is 0. The van der Waals surface area contributed by atoms with Gasteiger partial charge >= 0.3 is 12.7 Å². The zero-order valence-corrected chi connectivity index (χ0v) is 10.2. The van der Waals surface area contributed by atoms with Crippen molar-refractivity contribution in [2.45, 2.75) is 26.0 Å². The van der Waals surface area contributed by atoms with Crippen LogP contribution in [0.25, 0.3) is 0 Å². The molecule has 1 amide bonds. The summed E-state index contributed by atoms with van der Waals surface area (Å²) in [6, 6.07) is 4.42. The van der Waals surface area contributed by atoms with E-state index in [2.05, 4.69) is 19.8 Å². The fourth-order valence-electron chi connectivity index (χ4n) is 1.29. The number of halogens is 2. The summed E-state index contributed by atoms with van der Waals surface area (Å²) in [6.07, 6.45) is -0.637. The van der Waals surface area contributed by atoms with E-state index in [4.69, 9.17) is 0 Å². The van der Waals surface area contributed by atoms with Crippen molar-refractivity contribution < 1.29 is 23.0 Å². The molecule has 1 aromatic rings. The maximum absolute atomic E-state index is 12.1. The lowest BCUT2D eigenvalue weighted by Crippen LogP contribution is -2.41. The minimum Gasteiger partial charge on any atom is -0.453 e. The molecule has 5 nitrogen and oxygen atoms in total. The van der Waals surface area contributed by atoms with Crippen LogP contribution in [-0.4, -0.2) is 24.8 Å². The molecule has 0 aliphatic rings. The molecule has 0 aliphatic carbocycles. The van der Waals surface area contributed by atoms with Crippen LogP contribution < -0.4 is 10.1 Å². The molecule has 0 fully saturated rings. The minimum atomic E-state index is -2.94. The van der Waals surface area contributed by atoms with Gasteiger partial charge in [0.15, 0.2) is 0 Å². The Hall–Kier alpha value is -1.92. The van der Waals surface area contributed by atoms with E-state index in [0.29, 0.717) is 5.69 Å². The van der Waals surface area contributed by atoms with Gasteiger partial charge in [-0.2, -0.15) is 8.78 Å². The van der Waals surface area contributed by atoms with Gasteiger partial charge in [-0.15, -0.1) is 0 Å². The molecule has 0 saturated carbocycles. The maximum atomic E-state index is 12.1. The normalized spacial score (nSPS) is 11.2. The molecule has 1 heterocycles. The van der Waals surface area contributed by atoms with Gasteiger partial charge in [-0.05, 0) is 19.9 Å². The molecule has 0 spiro atoms. The van der Waals surface area contributed by atoms with Gasteiger partial charge < -0.3 is 14.8 Å². The van der Waals surface area contributed by atoms with Crippen LogP contribution in [-0.2, 0) is 10.3 Å². The van der Waals surface area contributed by atoms with Gasteiger partial charge in [0.2, 0.25) is 5.88 Å². The Balaban J connectivity index is 2.90. The van der Waals surface area contributed by atoms with Gasteiger partial charge in [-0.1, -0.05) is 6.07 Å². The molecule has 1 aromatic heterocycles. The number of carbonyl (C=O) groups is 1. The maximum Gasteiger partial charge on any atom is 0.407 e. The molecule has 18 heavy (non-hydrogen) atoms. The third kappa shape index (κ3) is 3.83. The molecule has 1 rings (SSSR count). The number of methoxy groups -OCH3 is 1. The van der Waals surface area contributed by atoms with Crippen molar-refractivity contribution in [1.82, 2.24) is 10.3 Å². The van der Waals surface area contributed by atoms with E-state index in [0.717, 1.165) is 0 Å². The molecule has 0 unspecified atom stereocenters. The number of carbonyl (C=O) groups excluding carboxylic acids is 1. The average Bonchev–Trinajstić information content (AvgIpc) is 2.27. The van der Waals surface area contributed by atoms with Crippen LogP contribution in [0.1, 0.15) is 19.5 Å². The van der Waals surface area contributed by atoms with E-state index in [1.54, 1.807) is 19.9 Å². The Morgan fingerprint density at radius 1 is 1.44 bits per heavy atom. The molecule has 7 heteroatoms. The van der Waals surface area contributed by atoms with Crippen LogP contribution in [0.15, 0.2) is 18.2 Å². The predicted molar refractivity (Wildman–Crippen MR) is 59.4 cm³/mol. The van der Waals surface area contributed by atoms with E-state index < -0.39 is 18.2 Å². The Kier molecular flexibility index (Phi) is 4.41.